The summed E-state index contributed by atoms with van der Waals surface area (Å²) >= 11 is 0. The summed E-state index contributed by atoms with van der Waals surface area (Å²) in [6, 6.07) is 23.3. The number of hydrogen-bond acceptors (Lipinski definition) is 4. The highest BCUT2D eigenvalue weighted by Crippen LogP contribution is 2.38. The Labute approximate surface area is 152 Å². The molecule has 4 nitrogen and oxygen atoms in total. The Morgan fingerprint density at radius 1 is 0.962 bits per heavy atom. The summed E-state index contributed by atoms with van der Waals surface area (Å²) in [5.74, 6) is 1.07. The molecule has 0 aliphatic carbocycles. The lowest BCUT2D eigenvalue weighted by Gasteiger charge is -2.21. The van der Waals surface area contributed by atoms with Crippen molar-refractivity contribution in [3.05, 3.63) is 83.9 Å². The Morgan fingerprint density at radius 3 is 2.54 bits per heavy atom. The smallest absolute Gasteiger partial charge is 0.124 e. The fourth-order valence-electron chi connectivity index (χ4n) is 3.35. The van der Waals surface area contributed by atoms with Crippen LogP contribution in [0, 0.1) is 0 Å². The number of benzene rings is 3. The van der Waals surface area contributed by atoms with Crippen molar-refractivity contribution in [3.63, 3.8) is 0 Å². The summed E-state index contributed by atoms with van der Waals surface area (Å²) in [7, 11) is 1.68. The van der Waals surface area contributed by atoms with Gasteiger partial charge in [-0.05, 0) is 30.3 Å². The minimum Gasteiger partial charge on any atom is -0.507 e. The quantitative estimate of drug-likeness (QED) is 0.697. The number of phenols is 1. The summed E-state index contributed by atoms with van der Waals surface area (Å²) in [4.78, 5) is 4.85. The number of ether oxygens (including phenoxy) is 1. The zero-order valence-electron chi connectivity index (χ0n) is 14.5. The number of fused-ring (bicyclic) bond motifs is 1. The van der Waals surface area contributed by atoms with E-state index in [4.69, 9.17) is 9.73 Å². The number of rotatable bonds is 3. The largest absolute Gasteiger partial charge is 0.507 e. The number of methoxy groups -OCH3 is 1. The predicted octanol–water partition coefficient (Wildman–Crippen LogP) is 5.08. The highest BCUT2D eigenvalue weighted by atomic mass is 16.5. The molecule has 0 aromatic heterocycles. The maximum atomic E-state index is 10.3. The molecule has 0 spiro atoms. The van der Waals surface area contributed by atoms with Crippen molar-refractivity contribution in [1.82, 2.24) is 0 Å². The van der Waals surface area contributed by atoms with Crippen molar-refractivity contribution in [2.75, 3.05) is 12.4 Å². The van der Waals surface area contributed by atoms with Crippen molar-refractivity contribution in [2.24, 2.45) is 4.99 Å². The molecule has 0 bridgehead atoms. The molecule has 1 aliphatic rings. The van der Waals surface area contributed by atoms with Gasteiger partial charge >= 0.3 is 0 Å². The zero-order chi connectivity index (χ0) is 17.9. The first-order chi connectivity index (χ1) is 12.8. The van der Waals surface area contributed by atoms with E-state index in [1.165, 1.54) is 0 Å². The van der Waals surface area contributed by atoms with E-state index in [0.29, 0.717) is 6.42 Å². The highest BCUT2D eigenvalue weighted by molar-refractivity contribution is 6.06. The van der Waals surface area contributed by atoms with Crippen LogP contribution < -0.4 is 10.1 Å². The molecule has 3 aromatic rings. The molecule has 4 rings (SSSR count). The third kappa shape index (κ3) is 3.02. The van der Waals surface area contributed by atoms with Gasteiger partial charge in [0, 0.05) is 17.5 Å². The normalized spacial score (nSPS) is 16.0. The van der Waals surface area contributed by atoms with Crippen LogP contribution in [-0.2, 0) is 0 Å². The molecule has 1 aliphatic heterocycles. The van der Waals surface area contributed by atoms with E-state index in [9.17, 15) is 5.11 Å². The van der Waals surface area contributed by atoms with E-state index in [-0.39, 0.29) is 11.8 Å². The van der Waals surface area contributed by atoms with Gasteiger partial charge in [0.05, 0.1) is 30.2 Å². The molecule has 0 amide bonds. The van der Waals surface area contributed by atoms with Crippen LogP contribution in [0.25, 0.3) is 0 Å². The zero-order valence-corrected chi connectivity index (χ0v) is 14.5. The molecular weight excluding hydrogens is 324 g/mol. The van der Waals surface area contributed by atoms with E-state index < -0.39 is 0 Å². The highest BCUT2D eigenvalue weighted by Gasteiger charge is 2.24. The van der Waals surface area contributed by atoms with Crippen LogP contribution >= 0.6 is 0 Å². The van der Waals surface area contributed by atoms with E-state index in [0.717, 1.165) is 34.0 Å². The maximum absolute atomic E-state index is 10.3. The van der Waals surface area contributed by atoms with Crippen LogP contribution in [0.15, 0.2) is 77.8 Å². The van der Waals surface area contributed by atoms with Gasteiger partial charge in [-0.25, -0.2) is 0 Å². The molecule has 1 unspecified atom stereocenters. The van der Waals surface area contributed by atoms with Crippen LogP contribution in [-0.4, -0.2) is 17.9 Å². The molecule has 130 valence electrons. The van der Waals surface area contributed by atoms with Crippen molar-refractivity contribution in [3.8, 4) is 11.5 Å². The van der Waals surface area contributed by atoms with Gasteiger partial charge in [-0.2, -0.15) is 0 Å². The molecule has 3 aromatic carbocycles. The SMILES string of the molecule is COc1ccccc1C1CC(c2ccccc2O)=Nc2ccccc2N1. The van der Waals surface area contributed by atoms with Crippen LogP contribution in [0.4, 0.5) is 11.4 Å². The summed E-state index contributed by atoms with van der Waals surface area (Å²) in [6.45, 7) is 0. The Hall–Kier alpha value is -3.27. The monoisotopic (exact) mass is 344 g/mol. The lowest BCUT2D eigenvalue weighted by molar-refractivity contribution is 0.407. The van der Waals surface area contributed by atoms with E-state index in [2.05, 4.69) is 11.4 Å². The average Bonchev–Trinajstić information content (AvgIpc) is 2.88. The Kier molecular flexibility index (Phi) is 4.32. The Morgan fingerprint density at radius 2 is 1.69 bits per heavy atom. The van der Waals surface area contributed by atoms with Gasteiger partial charge < -0.3 is 15.2 Å². The van der Waals surface area contributed by atoms with Gasteiger partial charge in [0.1, 0.15) is 11.5 Å². The number of aromatic hydroxyl groups is 1. The van der Waals surface area contributed by atoms with Gasteiger partial charge in [0.2, 0.25) is 0 Å². The van der Waals surface area contributed by atoms with Gasteiger partial charge in [-0.1, -0.05) is 42.5 Å². The molecule has 1 heterocycles. The Bertz CT molecular complexity index is 966. The van der Waals surface area contributed by atoms with Gasteiger partial charge in [0.25, 0.3) is 0 Å². The van der Waals surface area contributed by atoms with Gasteiger partial charge in [-0.3, -0.25) is 4.99 Å². The molecule has 0 saturated carbocycles. The van der Waals surface area contributed by atoms with Crippen molar-refractivity contribution in [2.45, 2.75) is 12.5 Å². The molecule has 2 N–H and O–H groups in total. The lowest BCUT2D eigenvalue weighted by atomic mass is 9.96. The molecule has 0 radical (unpaired) electrons. The topological polar surface area (TPSA) is 53.9 Å². The van der Waals surface area contributed by atoms with Crippen molar-refractivity contribution >= 4 is 17.1 Å². The van der Waals surface area contributed by atoms with Crippen molar-refractivity contribution in [1.29, 1.82) is 0 Å². The first-order valence-corrected chi connectivity index (χ1v) is 8.60. The van der Waals surface area contributed by atoms with Crippen LogP contribution in [0.5, 0.6) is 11.5 Å². The van der Waals surface area contributed by atoms with E-state index in [1.807, 2.05) is 60.7 Å². The molecule has 1 atom stereocenters. The third-order valence-electron chi connectivity index (χ3n) is 4.62. The lowest BCUT2D eigenvalue weighted by Crippen LogP contribution is -2.15. The van der Waals surface area contributed by atoms with Crippen LogP contribution in [0.1, 0.15) is 23.6 Å². The van der Waals surface area contributed by atoms with Crippen LogP contribution in [0.2, 0.25) is 0 Å². The predicted molar refractivity (Wildman–Crippen MR) is 105 cm³/mol. The minimum absolute atomic E-state index is 0.0202. The fraction of sp³-hybridized carbons (Fsp3) is 0.136. The molecule has 0 saturated heterocycles. The first kappa shape index (κ1) is 16.2. The molecular formula is C22H20N2O2. The average molecular weight is 344 g/mol. The van der Waals surface area contributed by atoms with E-state index >= 15 is 0 Å². The number of nitrogens with one attached hydrogen (secondary N) is 1. The second-order valence-electron chi connectivity index (χ2n) is 6.24. The Balaban J connectivity index is 1.85. The summed E-state index contributed by atoms with van der Waals surface area (Å²) in [6.07, 6.45) is 0.632. The fourth-order valence-corrected chi connectivity index (χ4v) is 3.35. The third-order valence-corrected chi connectivity index (χ3v) is 4.62. The van der Waals surface area contributed by atoms with Crippen molar-refractivity contribution < 1.29 is 9.84 Å². The number of nitrogens with zero attached hydrogens (tertiary/aromatic N) is 1. The molecule has 4 heteroatoms. The second-order valence-corrected chi connectivity index (χ2v) is 6.24. The summed E-state index contributed by atoms with van der Waals surface area (Å²) in [5.41, 5.74) is 4.49. The van der Waals surface area contributed by atoms with Gasteiger partial charge in [0.15, 0.2) is 0 Å². The number of hydrogen-bond donors (Lipinski definition) is 2. The van der Waals surface area contributed by atoms with Gasteiger partial charge in [-0.15, -0.1) is 0 Å². The van der Waals surface area contributed by atoms with E-state index in [1.54, 1.807) is 13.2 Å². The summed E-state index contributed by atoms with van der Waals surface area (Å²) in [5, 5.41) is 13.9. The number of anilines is 1. The first-order valence-electron chi connectivity index (χ1n) is 8.60. The number of phenolic OH excluding ortho intramolecular Hbond substituents is 1. The number of aliphatic imine (C=N–C) groups is 1. The maximum Gasteiger partial charge on any atom is 0.124 e. The van der Waals surface area contributed by atoms with Crippen LogP contribution in [0.3, 0.4) is 0 Å². The summed E-state index contributed by atoms with van der Waals surface area (Å²) < 4.78 is 5.56. The second kappa shape index (κ2) is 6.92. The molecule has 0 fully saturated rings. The number of para-hydroxylation sites is 4. The minimum atomic E-state index is -0.0202. The standard InChI is InChI=1S/C22H20N2O2/c1-26-22-13-7-3-9-16(22)20-14-19(15-8-2-6-12-21(15)25)23-17-10-4-5-11-18(17)24-20/h2-13,20,24-25H,14H2,1H3. The molecule has 26 heavy (non-hydrogen) atoms.